The van der Waals surface area contributed by atoms with Crippen LogP contribution < -0.4 is 31.6 Å². The fourth-order valence-corrected chi connectivity index (χ4v) is 10.5. The molecular weight excluding hydrogens is 756 g/mol. The summed E-state index contributed by atoms with van der Waals surface area (Å²) in [6.07, 6.45) is 0. The van der Waals surface area contributed by atoms with E-state index in [2.05, 4.69) is 232 Å². The predicted molar refractivity (Wildman–Crippen MR) is 267 cm³/mol. The number of anilines is 6. The number of furan rings is 1. The minimum atomic E-state index is -1.53. The molecule has 0 N–H and O–H groups in total. The Morgan fingerprint density at radius 2 is 1.07 bits per heavy atom. The Labute approximate surface area is 366 Å². The van der Waals surface area contributed by atoms with Gasteiger partial charge in [-0.15, -0.1) is 0 Å². The summed E-state index contributed by atoms with van der Waals surface area (Å²) in [5.41, 5.74) is 19.2. The van der Waals surface area contributed by atoms with Crippen molar-refractivity contribution in [3.05, 3.63) is 156 Å². The molecule has 5 heteroatoms. The molecule has 7 aromatic rings. The second-order valence-corrected chi connectivity index (χ2v) is 26.8. The van der Waals surface area contributed by atoms with Crippen molar-refractivity contribution < 1.29 is 4.42 Å². The van der Waals surface area contributed by atoms with Gasteiger partial charge in [0.15, 0.2) is 0 Å². The average molecular weight is 817 g/mol. The van der Waals surface area contributed by atoms with Crippen molar-refractivity contribution in [2.45, 2.75) is 105 Å². The van der Waals surface area contributed by atoms with E-state index >= 15 is 0 Å². The van der Waals surface area contributed by atoms with Gasteiger partial charge in [0.25, 0.3) is 6.71 Å². The first-order valence-corrected chi connectivity index (χ1v) is 25.6. The molecule has 0 spiro atoms. The van der Waals surface area contributed by atoms with Crippen molar-refractivity contribution in [1.82, 2.24) is 0 Å². The first-order chi connectivity index (χ1) is 28.7. The molecule has 2 aliphatic heterocycles. The summed E-state index contributed by atoms with van der Waals surface area (Å²) in [7, 11) is -1.53. The Morgan fingerprint density at radius 1 is 0.492 bits per heavy atom. The van der Waals surface area contributed by atoms with Gasteiger partial charge in [0.1, 0.15) is 5.76 Å². The van der Waals surface area contributed by atoms with E-state index in [0.29, 0.717) is 0 Å². The van der Waals surface area contributed by atoms with Crippen molar-refractivity contribution in [3.63, 3.8) is 0 Å². The second kappa shape index (κ2) is 14.3. The Morgan fingerprint density at radius 3 is 1.67 bits per heavy atom. The molecule has 0 atom stereocenters. The maximum absolute atomic E-state index is 7.32. The van der Waals surface area contributed by atoms with E-state index in [9.17, 15) is 0 Å². The summed E-state index contributed by atoms with van der Waals surface area (Å²) in [4.78, 5) is 5.06. The molecule has 1 aromatic heterocycles. The van der Waals surface area contributed by atoms with Crippen LogP contribution in [0.3, 0.4) is 0 Å². The van der Waals surface area contributed by atoms with Crippen molar-refractivity contribution in [2.24, 2.45) is 0 Å². The van der Waals surface area contributed by atoms with Crippen LogP contribution in [-0.2, 0) is 16.2 Å². The summed E-state index contributed by atoms with van der Waals surface area (Å²) in [5.74, 6) is 0.889. The summed E-state index contributed by atoms with van der Waals surface area (Å²) < 4.78 is 7.32. The molecule has 0 fully saturated rings. The zero-order valence-electron chi connectivity index (χ0n) is 38.6. The number of nitrogens with zero attached hydrogens (tertiary/aromatic N) is 2. The van der Waals surface area contributed by atoms with Crippen LogP contribution in [0.15, 0.2) is 138 Å². The first-order valence-electron chi connectivity index (χ1n) is 22.1. The molecule has 9 rings (SSSR count). The van der Waals surface area contributed by atoms with Gasteiger partial charge in [-0.25, -0.2) is 0 Å². The Balaban J connectivity index is 1.36. The van der Waals surface area contributed by atoms with Crippen LogP contribution in [-0.4, -0.2) is 14.8 Å². The minimum absolute atomic E-state index is 0.0130. The third-order valence-corrected chi connectivity index (χ3v) is 15.0. The van der Waals surface area contributed by atoms with Crippen molar-refractivity contribution in [1.29, 1.82) is 0 Å². The highest BCUT2D eigenvalue weighted by molar-refractivity contribution is 6.99. The third kappa shape index (κ3) is 7.19. The van der Waals surface area contributed by atoms with E-state index in [4.69, 9.17) is 4.42 Å². The van der Waals surface area contributed by atoms with E-state index in [1.165, 1.54) is 72.2 Å². The van der Waals surface area contributed by atoms with Crippen LogP contribution in [0.1, 0.15) is 84.6 Å². The Bertz CT molecular complexity index is 2790. The molecular formula is C56H61BN2OSi. The van der Waals surface area contributed by atoms with Gasteiger partial charge < -0.3 is 14.2 Å². The van der Waals surface area contributed by atoms with Gasteiger partial charge in [-0.05, 0) is 104 Å². The molecule has 2 aliphatic rings. The number of rotatable bonds is 5. The van der Waals surface area contributed by atoms with E-state index in [1.54, 1.807) is 0 Å². The van der Waals surface area contributed by atoms with Gasteiger partial charge in [-0.3, -0.25) is 0 Å². The largest absolute Gasteiger partial charge is 0.468 e. The standard InChI is InChI=1S/C56H61BN2OSi/c1-36-31-48-52-49(32-36)59(46-30-24-40(55(5,6)7)33-44(46)37-17-15-14-16-18-37)47-34-41(56(8,9)10)23-29-45(47)57(52)53-50(58(48)42-25-27-43(28-26-42)61(11,12)13)35-51(60-53)38-19-21-39(22-20-38)54(2,3)4/h14-35H,1-13H3. The molecule has 0 bridgehead atoms. The van der Waals surface area contributed by atoms with E-state index in [-0.39, 0.29) is 23.0 Å². The maximum Gasteiger partial charge on any atom is 0.297 e. The lowest BCUT2D eigenvalue weighted by molar-refractivity contribution is 0.589. The quantitative estimate of drug-likeness (QED) is 0.161. The van der Waals surface area contributed by atoms with Gasteiger partial charge in [0.05, 0.1) is 25.1 Å². The van der Waals surface area contributed by atoms with Crippen LogP contribution in [0.5, 0.6) is 0 Å². The average Bonchev–Trinajstić information content (AvgIpc) is 3.64. The highest BCUT2D eigenvalue weighted by Crippen LogP contribution is 2.49. The monoisotopic (exact) mass is 816 g/mol. The first kappa shape index (κ1) is 40.9. The number of aryl methyl sites for hydroxylation is 1. The molecule has 3 nitrogen and oxygen atoms in total. The molecule has 0 saturated carbocycles. The molecule has 3 heterocycles. The van der Waals surface area contributed by atoms with Gasteiger partial charge in [0.2, 0.25) is 0 Å². The van der Waals surface area contributed by atoms with Crippen molar-refractivity contribution >= 4 is 70.7 Å². The molecule has 6 aromatic carbocycles. The van der Waals surface area contributed by atoms with Crippen LogP contribution in [0, 0.1) is 6.92 Å². The fourth-order valence-electron chi connectivity index (χ4n) is 9.31. The Kier molecular flexibility index (Phi) is 9.56. The number of benzene rings is 6. The zero-order chi connectivity index (χ0) is 43.4. The normalized spacial score (nSPS) is 13.9. The maximum atomic E-state index is 7.32. The predicted octanol–water partition coefficient (Wildman–Crippen LogP) is 13.4. The van der Waals surface area contributed by atoms with E-state index in [0.717, 1.165) is 28.4 Å². The molecule has 0 aliphatic carbocycles. The molecule has 0 saturated heterocycles. The number of hydrogen-bond donors (Lipinski definition) is 0. The van der Waals surface area contributed by atoms with Crippen molar-refractivity contribution in [3.8, 4) is 22.5 Å². The summed E-state index contributed by atoms with van der Waals surface area (Å²) >= 11 is 0. The molecule has 0 amide bonds. The lowest BCUT2D eigenvalue weighted by Gasteiger charge is -2.43. The molecule has 0 unspecified atom stereocenters. The topological polar surface area (TPSA) is 19.6 Å². The number of hydrogen-bond acceptors (Lipinski definition) is 3. The van der Waals surface area contributed by atoms with E-state index < -0.39 is 8.07 Å². The minimum Gasteiger partial charge on any atom is -0.468 e. The third-order valence-electron chi connectivity index (χ3n) is 13.0. The van der Waals surface area contributed by atoms with Gasteiger partial charge >= 0.3 is 0 Å². The van der Waals surface area contributed by atoms with Crippen LogP contribution in [0.2, 0.25) is 19.6 Å². The van der Waals surface area contributed by atoms with Gasteiger partial charge in [-0.2, -0.15) is 0 Å². The second-order valence-electron chi connectivity index (χ2n) is 21.7. The van der Waals surface area contributed by atoms with Gasteiger partial charge in [-0.1, -0.05) is 172 Å². The molecule has 308 valence electrons. The molecule has 61 heavy (non-hydrogen) atoms. The van der Waals surface area contributed by atoms with Gasteiger partial charge in [0, 0.05) is 39.9 Å². The number of fused-ring (bicyclic) bond motifs is 4. The Hall–Kier alpha value is -5.52. The smallest absolute Gasteiger partial charge is 0.297 e. The van der Waals surface area contributed by atoms with E-state index in [1.807, 2.05) is 0 Å². The van der Waals surface area contributed by atoms with Crippen molar-refractivity contribution in [2.75, 3.05) is 9.80 Å². The van der Waals surface area contributed by atoms with Crippen LogP contribution in [0.25, 0.3) is 22.5 Å². The summed E-state index contributed by atoms with van der Waals surface area (Å²) in [6.45, 7) is 30.1. The lowest BCUT2D eigenvalue weighted by atomic mass is 9.35. The summed E-state index contributed by atoms with van der Waals surface area (Å²) in [6, 6.07) is 50.8. The highest BCUT2D eigenvalue weighted by Gasteiger charge is 2.47. The fraction of sp³-hybridized carbons (Fsp3) is 0.286. The lowest BCUT2D eigenvalue weighted by Crippen LogP contribution is -2.61. The highest BCUT2D eigenvalue weighted by atomic mass is 28.3. The van der Waals surface area contributed by atoms with Crippen LogP contribution >= 0.6 is 0 Å². The van der Waals surface area contributed by atoms with Crippen LogP contribution in [0.4, 0.5) is 34.1 Å². The zero-order valence-corrected chi connectivity index (χ0v) is 39.6. The summed E-state index contributed by atoms with van der Waals surface area (Å²) in [5, 5.41) is 1.45. The molecule has 0 radical (unpaired) electrons. The SMILES string of the molecule is Cc1cc2c3c(c1)N(c1ccc(C(C)(C)C)cc1-c1ccccc1)c1cc(C(C)(C)C)ccc1B3c1oc(-c3ccc(C(C)(C)C)cc3)cc1N2c1ccc([Si](C)(C)C)cc1.